The molecule has 0 saturated carbocycles. The molecule has 1 unspecified atom stereocenters. The molecule has 2 N–H and O–H groups in total. The fraction of sp³-hybridized carbons (Fsp3) is 0.455. The minimum Gasteiger partial charge on any atom is -0.367 e. The zero-order valence-corrected chi connectivity index (χ0v) is 17.3. The molecule has 28 heavy (non-hydrogen) atoms. The Labute approximate surface area is 170 Å². The summed E-state index contributed by atoms with van der Waals surface area (Å²) in [5.74, 6) is -0.447. The number of primary amides is 1. The van der Waals surface area contributed by atoms with Crippen LogP contribution in [0.25, 0.3) is 10.4 Å². The smallest absolute Gasteiger partial charge is 0.251 e. The Morgan fingerprint density at radius 1 is 1.21 bits per heavy atom. The first-order valence-corrected chi connectivity index (χ1v) is 10.7. The molecule has 1 saturated heterocycles. The van der Waals surface area contributed by atoms with Crippen molar-refractivity contribution in [2.75, 3.05) is 19.7 Å². The Hall–Kier alpha value is -2.18. The lowest BCUT2D eigenvalue weighted by atomic mass is 9.90. The van der Waals surface area contributed by atoms with Crippen LogP contribution >= 0.6 is 11.3 Å². The minimum absolute atomic E-state index is 0.0197. The van der Waals surface area contributed by atoms with Crippen LogP contribution < -0.4 is 5.73 Å². The molecule has 0 bridgehead atoms. The first kappa shape index (κ1) is 20.6. The predicted molar refractivity (Wildman–Crippen MR) is 112 cm³/mol. The van der Waals surface area contributed by atoms with E-state index in [1.165, 1.54) is 4.88 Å². The van der Waals surface area contributed by atoms with Crippen molar-refractivity contribution in [3.8, 4) is 10.4 Å². The van der Waals surface area contributed by atoms with Gasteiger partial charge in [-0.15, -0.1) is 11.3 Å². The van der Waals surface area contributed by atoms with Gasteiger partial charge in [0, 0.05) is 23.8 Å². The highest BCUT2D eigenvalue weighted by Crippen LogP contribution is 2.28. The molecule has 2 heterocycles. The number of nitrogens with zero attached hydrogens (tertiary/aromatic N) is 1. The predicted octanol–water partition coefficient (Wildman–Crippen LogP) is 3.48. The van der Waals surface area contributed by atoms with E-state index in [0.717, 1.165) is 24.0 Å². The van der Waals surface area contributed by atoms with Gasteiger partial charge in [0.25, 0.3) is 5.91 Å². The molecule has 1 aliphatic rings. The summed E-state index contributed by atoms with van der Waals surface area (Å²) in [6, 6.07) is 12.2. The Bertz CT molecular complexity index is 800. The maximum absolute atomic E-state index is 12.8. The van der Waals surface area contributed by atoms with E-state index in [9.17, 15) is 9.59 Å². The number of amides is 2. The van der Waals surface area contributed by atoms with Crippen LogP contribution in [0.5, 0.6) is 0 Å². The summed E-state index contributed by atoms with van der Waals surface area (Å²) in [5, 5.41) is 2.05. The Morgan fingerprint density at radius 3 is 2.50 bits per heavy atom. The van der Waals surface area contributed by atoms with Gasteiger partial charge in [0.1, 0.15) is 0 Å². The highest BCUT2D eigenvalue weighted by molar-refractivity contribution is 7.13. The molecule has 2 aromatic rings. The van der Waals surface area contributed by atoms with Gasteiger partial charge in [0.2, 0.25) is 5.91 Å². The van der Waals surface area contributed by atoms with Gasteiger partial charge in [-0.2, -0.15) is 0 Å². The fourth-order valence-electron chi connectivity index (χ4n) is 3.77. The van der Waals surface area contributed by atoms with Crippen LogP contribution in [0.2, 0.25) is 0 Å². The van der Waals surface area contributed by atoms with Crippen LogP contribution in [-0.4, -0.2) is 42.0 Å². The average molecular weight is 401 g/mol. The van der Waals surface area contributed by atoms with Crippen molar-refractivity contribution in [1.29, 1.82) is 0 Å². The van der Waals surface area contributed by atoms with Crippen molar-refractivity contribution in [3.05, 3.63) is 47.3 Å². The van der Waals surface area contributed by atoms with Crippen molar-refractivity contribution in [3.63, 3.8) is 0 Å². The Morgan fingerprint density at radius 2 is 1.93 bits per heavy atom. The van der Waals surface area contributed by atoms with Gasteiger partial charge in [-0.25, -0.2) is 0 Å². The van der Waals surface area contributed by atoms with E-state index in [2.05, 4.69) is 6.07 Å². The highest BCUT2D eigenvalue weighted by atomic mass is 32.1. The van der Waals surface area contributed by atoms with E-state index >= 15 is 0 Å². The molecule has 0 aliphatic carbocycles. The summed E-state index contributed by atoms with van der Waals surface area (Å²) in [4.78, 5) is 28.1. The third kappa shape index (κ3) is 4.28. The van der Waals surface area contributed by atoms with E-state index in [1.807, 2.05) is 49.6 Å². The molecule has 5 nitrogen and oxygen atoms in total. The normalized spacial score (nSPS) is 19.8. The largest absolute Gasteiger partial charge is 0.367 e. The van der Waals surface area contributed by atoms with E-state index in [-0.39, 0.29) is 18.4 Å². The minimum atomic E-state index is -1.18. The monoisotopic (exact) mass is 400 g/mol. The number of ether oxygens (including phenoxy) is 1. The summed E-state index contributed by atoms with van der Waals surface area (Å²) in [5.41, 5.74) is 6.69. The van der Waals surface area contributed by atoms with Gasteiger partial charge in [-0.05, 0) is 35.4 Å². The zero-order chi connectivity index (χ0) is 20.1. The van der Waals surface area contributed by atoms with E-state index in [4.69, 9.17) is 10.5 Å². The maximum atomic E-state index is 12.8. The van der Waals surface area contributed by atoms with Crippen molar-refractivity contribution < 1.29 is 14.3 Å². The van der Waals surface area contributed by atoms with Gasteiger partial charge in [0.05, 0.1) is 13.2 Å². The van der Waals surface area contributed by atoms with Crippen molar-refractivity contribution in [2.45, 2.75) is 38.7 Å². The SMILES string of the molecule is CCC(CC)C(=O)N1CCOC(Cc2ccc(-c3cccs3)cc2)(C(N)=O)C1. The number of carbonyl (C=O) groups excluding carboxylic acids is 2. The second kappa shape index (κ2) is 8.88. The second-order valence-corrected chi connectivity index (χ2v) is 8.28. The van der Waals surface area contributed by atoms with Crippen LogP contribution in [0.1, 0.15) is 32.3 Å². The molecular formula is C22H28N2O3S. The fourth-order valence-corrected chi connectivity index (χ4v) is 4.50. The summed E-state index contributed by atoms with van der Waals surface area (Å²) < 4.78 is 5.89. The van der Waals surface area contributed by atoms with Crippen LogP contribution in [0.3, 0.4) is 0 Å². The summed E-state index contributed by atoms with van der Waals surface area (Å²) in [6.45, 7) is 5.07. The molecule has 0 radical (unpaired) electrons. The molecule has 1 atom stereocenters. The van der Waals surface area contributed by atoms with Crippen LogP contribution in [0, 0.1) is 5.92 Å². The first-order chi connectivity index (χ1) is 13.5. The van der Waals surface area contributed by atoms with Crippen molar-refractivity contribution in [1.82, 2.24) is 4.90 Å². The third-order valence-corrected chi connectivity index (χ3v) is 6.45. The van der Waals surface area contributed by atoms with Crippen LogP contribution in [-0.2, 0) is 20.7 Å². The highest BCUT2D eigenvalue weighted by Gasteiger charge is 2.44. The van der Waals surface area contributed by atoms with Gasteiger partial charge in [0.15, 0.2) is 5.60 Å². The van der Waals surface area contributed by atoms with E-state index < -0.39 is 11.5 Å². The molecule has 1 fully saturated rings. The molecule has 150 valence electrons. The van der Waals surface area contributed by atoms with Gasteiger partial charge >= 0.3 is 0 Å². The second-order valence-electron chi connectivity index (χ2n) is 7.33. The molecule has 2 amide bonds. The van der Waals surface area contributed by atoms with Crippen LogP contribution in [0.15, 0.2) is 41.8 Å². The maximum Gasteiger partial charge on any atom is 0.251 e. The topological polar surface area (TPSA) is 72.6 Å². The first-order valence-electron chi connectivity index (χ1n) is 9.84. The summed E-state index contributed by atoms with van der Waals surface area (Å²) in [7, 11) is 0. The molecule has 1 aliphatic heterocycles. The Balaban J connectivity index is 1.78. The number of benzene rings is 1. The number of nitrogens with two attached hydrogens (primary N) is 1. The third-order valence-electron chi connectivity index (χ3n) is 5.53. The number of morpholine rings is 1. The molecule has 6 heteroatoms. The Kier molecular flexibility index (Phi) is 6.52. The summed E-state index contributed by atoms with van der Waals surface area (Å²) >= 11 is 1.69. The van der Waals surface area contributed by atoms with Crippen molar-refractivity contribution in [2.24, 2.45) is 11.7 Å². The zero-order valence-electron chi connectivity index (χ0n) is 16.5. The number of hydrogen-bond donors (Lipinski definition) is 1. The lowest BCUT2D eigenvalue weighted by molar-refractivity contribution is -0.165. The molecule has 1 aromatic carbocycles. The number of hydrogen-bond acceptors (Lipinski definition) is 4. The molecule has 0 spiro atoms. The number of carbonyl (C=O) groups is 2. The number of rotatable bonds is 7. The molecule has 1 aromatic heterocycles. The van der Waals surface area contributed by atoms with Gasteiger partial charge in [-0.3, -0.25) is 9.59 Å². The van der Waals surface area contributed by atoms with Crippen molar-refractivity contribution >= 4 is 23.2 Å². The number of thiophene rings is 1. The lowest BCUT2D eigenvalue weighted by Crippen LogP contribution is -2.61. The van der Waals surface area contributed by atoms with Crippen LogP contribution in [0.4, 0.5) is 0 Å². The van der Waals surface area contributed by atoms with E-state index in [0.29, 0.717) is 19.6 Å². The average Bonchev–Trinajstić information content (AvgIpc) is 3.24. The molecule has 3 rings (SSSR count). The molecular weight excluding hydrogens is 372 g/mol. The lowest BCUT2D eigenvalue weighted by Gasteiger charge is -2.41. The summed E-state index contributed by atoms with van der Waals surface area (Å²) in [6.07, 6.45) is 1.95. The van der Waals surface area contributed by atoms with Gasteiger partial charge in [-0.1, -0.05) is 44.2 Å². The quantitative estimate of drug-likeness (QED) is 0.773. The standard InChI is InChI=1S/C22H28N2O3S/c1-3-17(4-2)20(25)24-11-12-27-22(15-24,21(23)26)14-16-7-9-18(10-8-16)19-6-5-13-28-19/h5-10,13,17H,3-4,11-12,14-15H2,1-2H3,(H2,23,26). The van der Waals surface area contributed by atoms with Gasteiger partial charge < -0.3 is 15.4 Å². The van der Waals surface area contributed by atoms with E-state index in [1.54, 1.807) is 16.2 Å².